The van der Waals surface area contributed by atoms with E-state index in [1.165, 1.54) is 23.5 Å². The van der Waals surface area contributed by atoms with Crippen LogP contribution in [0.2, 0.25) is 0 Å². The van der Waals surface area contributed by atoms with E-state index < -0.39 is 46.5 Å². The van der Waals surface area contributed by atoms with Crippen LogP contribution in [0.4, 0.5) is 11.4 Å². The van der Waals surface area contributed by atoms with Crippen molar-refractivity contribution in [2.24, 2.45) is 0 Å². The van der Waals surface area contributed by atoms with Crippen LogP contribution in [0.1, 0.15) is 21.6 Å². The van der Waals surface area contributed by atoms with Crippen LogP contribution in [-0.2, 0) is 28.7 Å². The molecule has 6 rings (SSSR count). The Hall–Kier alpha value is -5.28. The summed E-state index contributed by atoms with van der Waals surface area (Å²) in [6, 6.07) is 29.8. The highest BCUT2D eigenvalue weighted by Crippen LogP contribution is 2.48. The Labute approximate surface area is 348 Å². The van der Waals surface area contributed by atoms with Gasteiger partial charge in [0.05, 0.1) is 36.1 Å². The molecule has 0 radical (unpaired) electrons. The molecule has 0 saturated carbocycles. The highest BCUT2D eigenvalue weighted by atomic mass is 32.2. The first-order valence-electron chi connectivity index (χ1n) is 18.8. The van der Waals surface area contributed by atoms with E-state index in [2.05, 4.69) is 0 Å². The summed E-state index contributed by atoms with van der Waals surface area (Å²) in [6.45, 7) is 1.84. The molecule has 0 unspecified atom stereocenters. The first-order valence-corrected chi connectivity index (χ1v) is 20.5. The van der Waals surface area contributed by atoms with Crippen molar-refractivity contribution < 1.29 is 38.1 Å². The van der Waals surface area contributed by atoms with Gasteiger partial charge < -0.3 is 38.5 Å². The zero-order valence-corrected chi connectivity index (χ0v) is 35.0. The number of benzene rings is 4. The van der Waals surface area contributed by atoms with Crippen LogP contribution in [0.5, 0.6) is 11.5 Å². The lowest BCUT2D eigenvalue weighted by Crippen LogP contribution is -2.45. The van der Waals surface area contributed by atoms with Gasteiger partial charge in [0.2, 0.25) is 0 Å². The summed E-state index contributed by atoms with van der Waals surface area (Å²) in [4.78, 5) is 65.3. The maximum absolute atomic E-state index is 14.5. The van der Waals surface area contributed by atoms with Gasteiger partial charge in [0.1, 0.15) is 11.5 Å². The molecule has 0 bridgehead atoms. The van der Waals surface area contributed by atoms with E-state index in [-0.39, 0.29) is 0 Å². The Morgan fingerprint density at radius 2 is 0.948 bits per heavy atom. The highest BCUT2D eigenvalue weighted by molar-refractivity contribution is 8.00. The van der Waals surface area contributed by atoms with Crippen molar-refractivity contribution >= 4 is 58.7 Å². The van der Waals surface area contributed by atoms with Crippen LogP contribution < -0.4 is 19.3 Å². The molecule has 0 N–H and O–H groups in total. The van der Waals surface area contributed by atoms with Gasteiger partial charge in [-0.05, 0) is 87.8 Å². The van der Waals surface area contributed by atoms with Crippen molar-refractivity contribution in [1.29, 1.82) is 0 Å². The number of hydrogen-bond donors (Lipinski definition) is 0. The van der Waals surface area contributed by atoms with E-state index in [0.29, 0.717) is 37.7 Å². The number of para-hydroxylation sites is 2. The van der Waals surface area contributed by atoms with Gasteiger partial charge in [-0.2, -0.15) is 0 Å². The molecule has 2 amide bonds. The highest BCUT2D eigenvalue weighted by Gasteiger charge is 2.42. The molecule has 2 aliphatic heterocycles. The molecular weight excluding hydrogens is 777 g/mol. The molecule has 58 heavy (non-hydrogen) atoms. The number of methoxy groups -OCH3 is 2. The fraction of sp³-hybridized carbons (Fsp3) is 0.318. The van der Waals surface area contributed by atoms with E-state index in [9.17, 15) is 19.2 Å². The molecular formula is C44H48N4O8S2. The quantitative estimate of drug-likeness (QED) is 0.105. The Morgan fingerprint density at radius 1 is 0.586 bits per heavy atom. The second kappa shape index (κ2) is 19.4. The van der Waals surface area contributed by atoms with Gasteiger partial charge in [0, 0.05) is 48.1 Å². The fourth-order valence-corrected chi connectivity index (χ4v) is 9.22. The standard InChI is InChI=1S/C44H48N4O8S2/c1-45(2)25-27-47-33-11-7-9-13-35(33)57-41(29-15-19-31(53-5)20-16-29)39(43(47)51)55-37(49)23-24-38(50)56-40-42(30-17-21-32(54-6)22-18-30)58-36-14-10-8-12-34(36)48(44(40)52)28-26-46(3)4/h7-24,39-42H,25-28H2,1-6H3/b24-23+/t39-,40-,41+,42+/m1/s1. The number of rotatable bonds is 14. The summed E-state index contributed by atoms with van der Waals surface area (Å²) in [5.74, 6) is -1.35. The minimum Gasteiger partial charge on any atom is -0.497 e. The number of nitrogens with zero attached hydrogens (tertiary/aromatic N) is 4. The lowest BCUT2D eigenvalue weighted by Gasteiger charge is -2.28. The number of likely N-dealkylation sites (N-methyl/N-ethyl adjacent to an activating group) is 2. The number of esters is 2. The third-order valence-electron chi connectivity index (χ3n) is 9.66. The van der Waals surface area contributed by atoms with Gasteiger partial charge in [-0.1, -0.05) is 48.5 Å². The largest absolute Gasteiger partial charge is 0.497 e. The van der Waals surface area contributed by atoms with E-state index in [1.54, 1.807) is 48.3 Å². The molecule has 0 aliphatic carbocycles. The number of anilines is 2. The van der Waals surface area contributed by atoms with Crippen molar-refractivity contribution in [1.82, 2.24) is 9.80 Å². The number of amides is 2. The molecule has 0 fully saturated rings. The minimum absolute atomic E-state index is 0.354. The molecule has 4 aromatic rings. The van der Waals surface area contributed by atoms with Gasteiger partial charge in [-0.25, -0.2) is 9.59 Å². The summed E-state index contributed by atoms with van der Waals surface area (Å²) < 4.78 is 22.7. The molecule has 0 spiro atoms. The van der Waals surface area contributed by atoms with E-state index in [0.717, 1.165) is 44.4 Å². The third kappa shape index (κ3) is 10.0. The first kappa shape index (κ1) is 42.3. The summed E-state index contributed by atoms with van der Waals surface area (Å²) >= 11 is 2.84. The SMILES string of the molecule is COc1ccc([C@@H]2Sc3ccccc3N(CCN(C)C)C(=O)[C@@H]2OC(=O)/C=C/C(=O)O[C@H]2C(=O)N(CCN(C)C)c3ccccc3S[C@H]2c2ccc(OC)cc2)cc1. The lowest BCUT2D eigenvalue weighted by molar-refractivity contribution is -0.152. The van der Waals surface area contributed by atoms with Crippen molar-refractivity contribution in [3.8, 4) is 11.5 Å². The van der Waals surface area contributed by atoms with Crippen molar-refractivity contribution in [2.45, 2.75) is 32.5 Å². The summed E-state index contributed by atoms with van der Waals surface area (Å²) in [6.07, 6.45) is -0.626. The number of ether oxygens (including phenoxy) is 4. The van der Waals surface area contributed by atoms with E-state index in [1.807, 2.05) is 111 Å². The number of fused-ring (bicyclic) bond motifs is 2. The van der Waals surface area contributed by atoms with Gasteiger partial charge in [-0.3, -0.25) is 9.59 Å². The summed E-state index contributed by atoms with van der Waals surface area (Å²) in [5.41, 5.74) is 2.93. The predicted molar refractivity (Wildman–Crippen MR) is 227 cm³/mol. The van der Waals surface area contributed by atoms with Gasteiger partial charge in [0.25, 0.3) is 11.8 Å². The molecule has 12 nitrogen and oxygen atoms in total. The maximum Gasteiger partial charge on any atom is 0.331 e. The Morgan fingerprint density at radius 3 is 1.29 bits per heavy atom. The Kier molecular flexibility index (Phi) is 14.2. The molecule has 14 heteroatoms. The van der Waals surface area contributed by atoms with Crippen molar-refractivity contribution in [3.05, 3.63) is 120 Å². The Balaban J connectivity index is 1.28. The molecule has 4 atom stereocenters. The molecule has 2 heterocycles. The monoisotopic (exact) mass is 824 g/mol. The summed E-state index contributed by atoms with van der Waals surface area (Å²) in [7, 11) is 10.8. The van der Waals surface area contributed by atoms with Crippen LogP contribution >= 0.6 is 23.5 Å². The van der Waals surface area contributed by atoms with Crippen LogP contribution in [-0.4, -0.2) is 114 Å². The van der Waals surface area contributed by atoms with Gasteiger partial charge >= 0.3 is 11.9 Å². The zero-order chi connectivity index (χ0) is 41.3. The van der Waals surface area contributed by atoms with Crippen LogP contribution in [0, 0.1) is 0 Å². The number of carbonyl (C=O) groups is 4. The number of carbonyl (C=O) groups excluding carboxylic acids is 4. The van der Waals surface area contributed by atoms with E-state index >= 15 is 0 Å². The van der Waals surface area contributed by atoms with Crippen LogP contribution in [0.15, 0.2) is 119 Å². The second-order valence-electron chi connectivity index (χ2n) is 14.2. The number of thioether (sulfide) groups is 2. The molecule has 304 valence electrons. The second-order valence-corrected chi connectivity index (χ2v) is 16.6. The van der Waals surface area contributed by atoms with Gasteiger partial charge in [0.15, 0.2) is 12.2 Å². The van der Waals surface area contributed by atoms with Crippen molar-refractivity contribution in [2.75, 3.05) is 78.4 Å². The fourth-order valence-electron chi connectivity index (χ4n) is 6.58. The zero-order valence-electron chi connectivity index (χ0n) is 33.4. The topological polar surface area (TPSA) is 118 Å². The minimum atomic E-state index is -1.26. The maximum atomic E-state index is 14.5. The molecule has 2 aliphatic rings. The van der Waals surface area contributed by atoms with E-state index in [4.69, 9.17) is 18.9 Å². The average molecular weight is 825 g/mol. The molecule has 0 aromatic heterocycles. The van der Waals surface area contributed by atoms with Crippen LogP contribution in [0.25, 0.3) is 0 Å². The number of hydrogen-bond acceptors (Lipinski definition) is 12. The smallest absolute Gasteiger partial charge is 0.331 e. The Bertz CT molecular complexity index is 1960. The van der Waals surface area contributed by atoms with Crippen molar-refractivity contribution in [3.63, 3.8) is 0 Å². The van der Waals surface area contributed by atoms with Crippen LogP contribution in [0.3, 0.4) is 0 Å². The van der Waals surface area contributed by atoms with Gasteiger partial charge in [-0.15, -0.1) is 23.5 Å². The lowest BCUT2D eigenvalue weighted by atomic mass is 10.1. The predicted octanol–water partition coefficient (Wildman–Crippen LogP) is 6.27. The first-order chi connectivity index (χ1) is 28.0. The average Bonchev–Trinajstić information content (AvgIpc) is 3.41. The summed E-state index contributed by atoms with van der Waals surface area (Å²) in [5, 5.41) is -1.26. The molecule has 0 saturated heterocycles. The molecule has 4 aromatic carbocycles. The third-order valence-corrected chi connectivity index (χ3v) is 12.4. The normalized spacial score (nSPS) is 19.4.